The van der Waals surface area contributed by atoms with E-state index in [1.165, 1.54) is 0 Å². The second kappa shape index (κ2) is 7.38. The van der Waals surface area contributed by atoms with E-state index >= 15 is 0 Å². The van der Waals surface area contributed by atoms with Gasteiger partial charge >= 0.3 is 0 Å². The normalized spacial score (nSPS) is 11.6. The summed E-state index contributed by atoms with van der Waals surface area (Å²) in [4.78, 5) is 17.2. The van der Waals surface area contributed by atoms with Crippen LogP contribution in [0.25, 0.3) is 16.7 Å². The molecule has 0 atom stereocenters. The summed E-state index contributed by atoms with van der Waals surface area (Å²) in [6, 6.07) is 11.2. The Morgan fingerprint density at radius 2 is 2.00 bits per heavy atom. The standard InChI is InChI=1S/C21H22N6O2/c1-5-26-20(28)17-8-6-7-9-18(17)23-21(26)24-22-12-16-10-13(2)27(15(16)4)19-11-14(3)29-25-19/h6-12H,5H2,1-4H3,(H,23,24)/b22-12-. The van der Waals surface area contributed by atoms with Crippen LogP contribution in [-0.2, 0) is 6.54 Å². The van der Waals surface area contributed by atoms with E-state index in [2.05, 4.69) is 20.7 Å². The third-order valence-corrected chi connectivity index (χ3v) is 4.86. The van der Waals surface area contributed by atoms with Gasteiger partial charge in [-0.05, 0) is 45.9 Å². The monoisotopic (exact) mass is 390 g/mol. The smallest absolute Gasteiger partial charge is 0.262 e. The summed E-state index contributed by atoms with van der Waals surface area (Å²) in [5.74, 6) is 1.90. The Kier molecular flexibility index (Phi) is 4.75. The molecule has 1 aromatic carbocycles. The maximum atomic E-state index is 12.7. The molecule has 8 heteroatoms. The van der Waals surface area contributed by atoms with Gasteiger partial charge in [0.2, 0.25) is 5.95 Å². The zero-order chi connectivity index (χ0) is 20.5. The highest BCUT2D eigenvalue weighted by molar-refractivity contribution is 5.83. The van der Waals surface area contributed by atoms with Crippen molar-refractivity contribution in [1.29, 1.82) is 0 Å². The fourth-order valence-electron chi connectivity index (χ4n) is 3.44. The van der Waals surface area contributed by atoms with Gasteiger partial charge in [0.15, 0.2) is 5.82 Å². The molecule has 0 fully saturated rings. The number of hydrogen-bond donors (Lipinski definition) is 1. The van der Waals surface area contributed by atoms with Crippen LogP contribution in [0.1, 0.15) is 29.6 Å². The van der Waals surface area contributed by atoms with E-state index in [1.807, 2.05) is 62.6 Å². The number of nitrogens with zero attached hydrogens (tertiary/aromatic N) is 5. The summed E-state index contributed by atoms with van der Waals surface area (Å²) in [5.41, 5.74) is 6.41. The molecule has 0 amide bonds. The van der Waals surface area contributed by atoms with Gasteiger partial charge in [-0.1, -0.05) is 17.3 Å². The van der Waals surface area contributed by atoms with Crippen molar-refractivity contribution in [2.24, 2.45) is 5.10 Å². The van der Waals surface area contributed by atoms with E-state index in [1.54, 1.807) is 16.8 Å². The predicted molar refractivity (Wildman–Crippen MR) is 113 cm³/mol. The Labute approximate surface area is 167 Å². The third kappa shape index (κ3) is 3.33. The van der Waals surface area contributed by atoms with Crippen LogP contribution in [0.2, 0.25) is 0 Å². The quantitative estimate of drug-likeness (QED) is 0.416. The molecule has 0 spiro atoms. The van der Waals surface area contributed by atoms with Crippen LogP contribution in [0, 0.1) is 20.8 Å². The van der Waals surface area contributed by atoms with Crippen LogP contribution in [0.15, 0.2) is 50.8 Å². The summed E-state index contributed by atoms with van der Waals surface area (Å²) in [6.07, 6.45) is 1.72. The molecular formula is C21H22N6O2. The molecule has 3 aromatic heterocycles. The minimum atomic E-state index is -0.0876. The molecule has 4 aromatic rings. The van der Waals surface area contributed by atoms with Gasteiger partial charge in [0.1, 0.15) is 5.76 Å². The first-order chi connectivity index (χ1) is 14.0. The van der Waals surface area contributed by atoms with E-state index in [-0.39, 0.29) is 5.56 Å². The Morgan fingerprint density at radius 3 is 2.72 bits per heavy atom. The average Bonchev–Trinajstić information content (AvgIpc) is 3.24. The van der Waals surface area contributed by atoms with Crippen LogP contribution in [0.4, 0.5) is 5.95 Å². The lowest BCUT2D eigenvalue weighted by molar-refractivity contribution is 0.394. The molecule has 3 heterocycles. The highest BCUT2D eigenvalue weighted by Crippen LogP contribution is 2.19. The summed E-state index contributed by atoms with van der Waals surface area (Å²) in [6.45, 7) is 8.26. The molecule has 0 aliphatic rings. The minimum absolute atomic E-state index is 0.0876. The van der Waals surface area contributed by atoms with Crippen LogP contribution < -0.4 is 11.0 Å². The summed E-state index contributed by atoms with van der Waals surface area (Å²) < 4.78 is 8.77. The summed E-state index contributed by atoms with van der Waals surface area (Å²) >= 11 is 0. The van der Waals surface area contributed by atoms with Crippen molar-refractivity contribution >= 4 is 23.1 Å². The van der Waals surface area contributed by atoms with Gasteiger partial charge in [-0.15, -0.1) is 0 Å². The Balaban J connectivity index is 1.66. The topological polar surface area (TPSA) is 90.2 Å². The first kappa shape index (κ1) is 18.7. The lowest BCUT2D eigenvalue weighted by Gasteiger charge is -2.10. The number of aromatic nitrogens is 4. The number of aryl methyl sites for hydroxylation is 2. The first-order valence-corrected chi connectivity index (χ1v) is 9.41. The van der Waals surface area contributed by atoms with Crippen molar-refractivity contribution < 1.29 is 4.52 Å². The molecule has 1 N–H and O–H groups in total. The number of rotatable bonds is 5. The molecular weight excluding hydrogens is 368 g/mol. The largest absolute Gasteiger partial charge is 0.360 e. The van der Waals surface area contributed by atoms with E-state index in [4.69, 9.17) is 4.52 Å². The van der Waals surface area contributed by atoms with Gasteiger partial charge in [0.25, 0.3) is 5.56 Å². The van der Waals surface area contributed by atoms with Crippen molar-refractivity contribution in [1.82, 2.24) is 19.3 Å². The lowest BCUT2D eigenvalue weighted by atomic mass is 10.2. The van der Waals surface area contributed by atoms with E-state index in [0.717, 1.165) is 28.5 Å². The van der Waals surface area contributed by atoms with Gasteiger partial charge in [0, 0.05) is 29.6 Å². The molecule has 0 aliphatic heterocycles. The number of hydrazone groups is 1. The minimum Gasteiger partial charge on any atom is -0.360 e. The SMILES string of the molecule is CCn1c(N/N=C\c2cc(C)n(-c3cc(C)on3)c2C)nc2ccccc2c1=O. The van der Waals surface area contributed by atoms with E-state index < -0.39 is 0 Å². The van der Waals surface area contributed by atoms with E-state index in [0.29, 0.717) is 23.4 Å². The van der Waals surface area contributed by atoms with Gasteiger partial charge in [0.05, 0.1) is 17.1 Å². The van der Waals surface area contributed by atoms with Crippen molar-refractivity contribution in [3.63, 3.8) is 0 Å². The molecule has 0 saturated heterocycles. The fourth-order valence-corrected chi connectivity index (χ4v) is 3.44. The second-order valence-corrected chi connectivity index (χ2v) is 6.83. The fraction of sp³-hybridized carbons (Fsp3) is 0.238. The predicted octanol–water partition coefficient (Wildman–Crippen LogP) is 3.57. The Bertz CT molecular complexity index is 1280. The van der Waals surface area contributed by atoms with Gasteiger partial charge in [-0.3, -0.25) is 13.9 Å². The second-order valence-electron chi connectivity index (χ2n) is 6.83. The maximum Gasteiger partial charge on any atom is 0.262 e. The molecule has 148 valence electrons. The Hall–Kier alpha value is -3.68. The number of nitrogens with one attached hydrogen (secondary N) is 1. The van der Waals surface area contributed by atoms with Crippen LogP contribution in [-0.4, -0.2) is 25.5 Å². The molecule has 0 radical (unpaired) electrons. The van der Waals surface area contributed by atoms with Gasteiger partial charge in [-0.2, -0.15) is 5.10 Å². The van der Waals surface area contributed by atoms with Crippen LogP contribution in [0.5, 0.6) is 0 Å². The summed E-state index contributed by atoms with van der Waals surface area (Å²) in [7, 11) is 0. The highest BCUT2D eigenvalue weighted by atomic mass is 16.5. The molecule has 29 heavy (non-hydrogen) atoms. The van der Waals surface area contributed by atoms with Crippen LogP contribution >= 0.6 is 0 Å². The number of anilines is 1. The number of fused-ring (bicyclic) bond motifs is 1. The summed E-state index contributed by atoms with van der Waals surface area (Å²) in [5, 5.41) is 9.01. The van der Waals surface area contributed by atoms with Gasteiger partial charge < -0.3 is 4.52 Å². The lowest BCUT2D eigenvalue weighted by Crippen LogP contribution is -2.23. The first-order valence-electron chi connectivity index (χ1n) is 9.41. The van der Waals surface area contributed by atoms with Gasteiger partial charge in [-0.25, -0.2) is 10.4 Å². The van der Waals surface area contributed by atoms with Crippen molar-refractivity contribution in [3.05, 3.63) is 69.5 Å². The number of hydrogen-bond acceptors (Lipinski definition) is 6. The average molecular weight is 390 g/mol. The third-order valence-electron chi connectivity index (χ3n) is 4.86. The molecule has 4 rings (SSSR count). The zero-order valence-corrected chi connectivity index (χ0v) is 16.8. The number of benzene rings is 1. The van der Waals surface area contributed by atoms with Crippen LogP contribution in [0.3, 0.4) is 0 Å². The molecule has 0 bridgehead atoms. The van der Waals surface area contributed by atoms with Crippen molar-refractivity contribution in [3.8, 4) is 5.82 Å². The highest BCUT2D eigenvalue weighted by Gasteiger charge is 2.13. The maximum absolute atomic E-state index is 12.7. The Morgan fingerprint density at radius 1 is 1.21 bits per heavy atom. The molecule has 8 nitrogen and oxygen atoms in total. The molecule has 0 aliphatic carbocycles. The number of para-hydroxylation sites is 1. The zero-order valence-electron chi connectivity index (χ0n) is 16.8. The van der Waals surface area contributed by atoms with E-state index in [9.17, 15) is 4.79 Å². The van der Waals surface area contributed by atoms with Crippen molar-refractivity contribution in [2.75, 3.05) is 5.43 Å². The molecule has 0 unspecified atom stereocenters. The van der Waals surface area contributed by atoms with Crippen molar-refractivity contribution in [2.45, 2.75) is 34.2 Å². The molecule has 0 saturated carbocycles.